The number of benzene rings is 1. The van der Waals surface area contributed by atoms with Gasteiger partial charge in [0.1, 0.15) is 5.75 Å². The lowest BCUT2D eigenvalue weighted by molar-refractivity contribution is -0.136. The maximum atomic E-state index is 10.4. The van der Waals surface area contributed by atoms with Crippen molar-refractivity contribution < 1.29 is 14.6 Å². The zero-order valence-corrected chi connectivity index (χ0v) is 13.6. The Kier molecular flexibility index (Phi) is 10.1. The molecule has 124 valence electrons. The van der Waals surface area contributed by atoms with Crippen LogP contribution in [0.3, 0.4) is 0 Å². The van der Waals surface area contributed by atoms with Crippen molar-refractivity contribution >= 4 is 5.97 Å². The number of carboxylic acids is 1. The third-order valence-electron chi connectivity index (χ3n) is 3.50. The zero-order chi connectivity index (χ0) is 16.0. The van der Waals surface area contributed by atoms with Crippen LogP contribution in [0.5, 0.6) is 5.75 Å². The molecule has 4 heteroatoms. The second kappa shape index (κ2) is 12.0. The van der Waals surface area contributed by atoms with Gasteiger partial charge in [0.15, 0.2) is 0 Å². The van der Waals surface area contributed by atoms with Gasteiger partial charge in [-0.3, -0.25) is 4.79 Å². The molecule has 0 aliphatic heterocycles. The molecule has 0 spiro atoms. The van der Waals surface area contributed by atoms with Gasteiger partial charge in [-0.15, -0.1) is 0 Å². The molecular weight excluding hydrogens is 278 g/mol. The van der Waals surface area contributed by atoms with Crippen molar-refractivity contribution in [2.75, 3.05) is 19.7 Å². The summed E-state index contributed by atoms with van der Waals surface area (Å²) in [6.07, 6.45) is 7.03. The van der Waals surface area contributed by atoms with Crippen LogP contribution in [0.15, 0.2) is 24.3 Å². The number of carboxylic acid groups (broad SMARTS) is 1. The number of hydrogen-bond acceptors (Lipinski definition) is 3. The molecule has 1 rings (SSSR count). The highest BCUT2D eigenvalue weighted by molar-refractivity contribution is 5.66. The maximum absolute atomic E-state index is 10.4. The molecule has 0 atom stereocenters. The van der Waals surface area contributed by atoms with Crippen LogP contribution in [0, 0.1) is 0 Å². The minimum Gasteiger partial charge on any atom is -0.494 e. The summed E-state index contributed by atoms with van der Waals surface area (Å²) in [5.74, 6) is 0.198. The lowest BCUT2D eigenvalue weighted by atomic mass is 10.1. The summed E-state index contributed by atoms with van der Waals surface area (Å²) in [6, 6.07) is 8.27. The molecule has 1 aromatic rings. The molecule has 22 heavy (non-hydrogen) atoms. The van der Waals surface area contributed by atoms with Gasteiger partial charge < -0.3 is 15.2 Å². The highest BCUT2D eigenvalue weighted by Crippen LogP contribution is 2.15. The van der Waals surface area contributed by atoms with E-state index in [0.29, 0.717) is 6.54 Å². The van der Waals surface area contributed by atoms with Gasteiger partial charge in [-0.1, -0.05) is 38.3 Å². The molecule has 4 nitrogen and oxygen atoms in total. The number of nitrogens with one attached hydrogen (secondary N) is 1. The smallest absolute Gasteiger partial charge is 0.304 e. The Morgan fingerprint density at radius 2 is 2.05 bits per heavy atom. The first kappa shape index (κ1) is 18.5. The molecule has 1 aromatic carbocycles. The summed E-state index contributed by atoms with van der Waals surface area (Å²) < 4.78 is 5.78. The van der Waals surface area contributed by atoms with Crippen molar-refractivity contribution in [3.63, 3.8) is 0 Å². The van der Waals surface area contributed by atoms with E-state index in [0.717, 1.165) is 38.2 Å². The highest BCUT2D eigenvalue weighted by atomic mass is 16.5. The molecular formula is C18H29NO3. The maximum Gasteiger partial charge on any atom is 0.304 e. The number of rotatable bonds is 13. The zero-order valence-electron chi connectivity index (χ0n) is 13.6. The van der Waals surface area contributed by atoms with E-state index in [1.807, 2.05) is 12.1 Å². The molecule has 0 heterocycles. The van der Waals surface area contributed by atoms with Gasteiger partial charge in [0.05, 0.1) is 13.0 Å². The minimum atomic E-state index is -0.753. The van der Waals surface area contributed by atoms with E-state index in [9.17, 15) is 4.79 Å². The predicted octanol–water partition coefficient (Wildman–Crippen LogP) is 3.64. The van der Waals surface area contributed by atoms with E-state index in [-0.39, 0.29) is 6.42 Å². The minimum absolute atomic E-state index is 0.182. The van der Waals surface area contributed by atoms with E-state index < -0.39 is 5.97 Å². The van der Waals surface area contributed by atoms with Gasteiger partial charge >= 0.3 is 5.97 Å². The Balaban J connectivity index is 2.16. The average molecular weight is 307 g/mol. The monoisotopic (exact) mass is 307 g/mol. The van der Waals surface area contributed by atoms with E-state index in [2.05, 4.69) is 24.4 Å². The fraction of sp³-hybridized carbons (Fsp3) is 0.611. The van der Waals surface area contributed by atoms with Gasteiger partial charge in [0.2, 0.25) is 0 Å². The van der Waals surface area contributed by atoms with Gasteiger partial charge in [-0.2, -0.15) is 0 Å². The summed E-state index contributed by atoms with van der Waals surface area (Å²) in [5, 5.41) is 11.7. The molecule has 0 unspecified atom stereocenters. The quantitative estimate of drug-likeness (QED) is 0.546. The first-order valence-corrected chi connectivity index (χ1v) is 8.36. The van der Waals surface area contributed by atoms with Crippen LogP contribution in [-0.2, 0) is 11.2 Å². The number of ether oxygens (including phenoxy) is 1. The molecule has 0 saturated carbocycles. The third-order valence-corrected chi connectivity index (χ3v) is 3.50. The van der Waals surface area contributed by atoms with Crippen molar-refractivity contribution in [3.05, 3.63) is 29.8 Å². The molecule has 0 bridgehead atoms. The fourth-order valence-corrected chi connectivity index (χ4v) is 2.25. The third kappa shape index (κ3) is 9.40. The van der Waals surface area contributed by atoms with Gasteiger partial charge in [0.25, 0.3) is 0 Å². The van der Waals surface area contributed by atoms with Crippen molar-refractivity contribution in [1.29, 1.82) is 0 Å². The predicted molar refractivity (Wildman–Crippen MR) is 89.5 cm³/mol. The lowest BCUT2D eigenvalue weighted by Gasteiger charge is -2.08. The largest absolute Gasteiger partial charge is 0.494 e. The molecule has 0 aliphatic carbocycles. The molecule has 0 fully saturated rings. The summed E-state index contributed by atoms with van der Waals surface area (Å²) in [4.78, 5) is 10.4. The van der Waals surface area contributed by atoms with Crippen LogP contribution in [0.1, 0.15) is 51.0 Å². The lowest BCUT2D eigenvalue weighted by Crippen LogP contribution is -2.19. The fourth-order valence-electron chi connectivity index (χ4n) is 2.25. The van der Waals surface area contributed by atoms with Crippen LogP contribution in [0.25, 0.3) is 0 Å². The number of carbonyl (C=O) groups is 1. The average Bonchev–Trinajstić information content (AvgIpc) is 2.51. The van der Waals surface area contributed by atoms with Gasteiger partial charge in [-0.25, -0.2) is 0 Å². The standard InChI is InChI=1S/C18H29NO3/c1-2-3-4-5-14-22-17-10-6-8-16(15-17)9-7-12-19-13-11-18(20)21/h6,8,10,15,19H,2-5,7,9,11-14H2,1H3,(H,20,21). The Hall–Kier alpha value is -1.55. The van der Waals surface area contributed by atoms with E-state index in [1.54, 1.807) is 0 Å². The van der Waals surface area contributed by atoms with Crippen LogP contribution in [0.2, 0.25) is 0 Å². The number of aryl methyl sites for hydroxylation is 1. The van der Waals surface area contributed by atoms with Crippen LogP contribution >= 0.6 is 0 Å². The Bertz CT molecular complexity index is 421. The van der Waals surface area contributed by atoms with Gasteiger partial charge in [0, 0.05) is 6.54 Å². The number of aliphatic carboxylic acids is 1. The molecule has 0 saturated heterocycles. The summed E-state index contributed by atoms with van der Waals surface area (Å²) in [5.41, 5.74) is 1.27. The highest BCUT2D eigenvalue weighted by Gasteiger charge is 1.99. The van der Waals surface area contributed by atoms with Crippen molar-refractivity contribution in [1.82, 2.24) is 5.32 Å². The van der Waals surface area contributed by atoms with Gasteiger partial charge in [-0.05, 0) is 43.5 Å². The molecule has 2 N–H and O–H groups in total. The molecule has 0 radical (unpaired) electrons. The SMILES string of the molecule is CCCCCCOc1cccc(CCCNCCC(=O)O)c1. The van der Waals surface area contributed by atoms with E-state index >= 15 is 0 Å². The Labute approximate surface area is 133 Å². The first-order valence-electron chi connectivity index (χ1n) is 8.36. The van der Waals surface area contributed by atoms with Crippen molar-refractivity contribution in [2.45, 2.75) is 51.9 Å². The first-order chi connectivity index (χ1) is 10.7. The number of hydrogen-bond donors (Lipinski definition) is 2. The second-order valence-electron chi connectivity index (χ2n) is 5.55. The molecule has 0 amide bonds. The van der Waals surface area contributed by atoms with E-state index in [4.69, 9.17) is 9.84 Å². The summed E-state index contributed by atoms with van der Waals surface area (Å²) >= 11 is 0. The summed E-state index contributed by atoms with van der Waals surface area (Å²) in [6.45, 7) is 4.38. The van der Waals surface area contributed by atoms with Crippen LogP contribution in [-0.4, -0.2) is 30.8 Å². The van der Waals surface area contributed by atoms with Crippen LogP contribution in [0.4, 0.5) is 0 Å². The molecule has 0 aliphatic rings. The van der Waals surface area contributed by atoms with Crippen LogP contribution < -0.4 is 10.1 Å². The second-order valence-corrected chi connectivity index (χ2v) is 5.55. The van der Waals surface area contributed by atoms with Crippen molar-refractivity contribution in [2.24, 2.45) is 0 Å². The van der Waals surface area contributed by atoms with E-state index in [1.165, 1.54) is 24.8 Å². The topological polar surface area (TPSA) is 58.6 Å². The molecule has 0 aromatic heterocycles. The number of unbranched alkanes of at least 4 members (excludes halogenated alkanes) is 3. The Morgan fingerprint density at radius 1 is 1.18 bits per heavy atom. The summed E-state index contributed by atoms with van der Waals surface area (Å²) in [7, 11) is 0. The van der Waals surface area contributed by atoms with Crippen molar-refractivity contribution in [3.8, 4) is 5.75 Å². The Morgan fingerprint density at radius 3 is 2.82 bits per heavy atom. The normalized spacial score (nSPS) is 10.6.